The zero-order chi connectivity index (χ0) is 20.4. The van der Waals surface area contributed by atoms with Crippen LogP contribution in [0.1, 0.15) is 18.5 Å². The Bertz CT molecular complexity index is 1040. The minimum absolute atomic E-state index is 0.0769. The second-order valence-corrected chi connectivity index (χ2v) is 7.44. The molecule has 3 heterocycles. The van der Waals surface area contributed by atoms with Crippen LogP contribution in [0.25, 0.3) is 10.9 Å². The lowest BCUT2D eigenvalue weighted by molar-refractivity contribution is 0.0965. The SMILES string of the molecule is Cn1c(CN2CCC(Oc3cccc4c3ccn4CC(F)F)CC2)cncc1=O. The fraction of sp³-hybridized carbons (Fsp3) is 0.429. The number of halogens is 2. The van der Waals surface area contributed by atoms with Crippen molar-refractivity contribution in [3.63, 3.8) is 0 Å². The molecule has 6 nitrogen and oxygen atoms in total. The minimum atomic E-state index is -2.39. The molecule has 0 atom stereocenters. The minimum Gasteiger partial charge on any atom is -0.490 e. The molecule has 0 aliphatic carbocycles. The van der Waals surface area contributed by atoms with Crippen LogP contribution in [0.15, 0.2) is 47.7 Å². The molecule has 1 fully saturated rings. The van der Waals surface area contributed by atoms with Crippen molar-refractivity contribution in [2.24, 2.45) is 7.05 Å². The lowest BCUT2D eigenvalue weighted by atomic mass is 10.1. The Labute approximate surface area is 167 Å². The van der Waals surface area contributed by atoms with Crippen molar-refractivity contribution < 1.29 is 13.5 Å². The Morgan fingerprint density at radius 2 is 2.00 bits per heavy atom. The molecule has 8 heteroatoms. The first-order valence-electron chi connectivity index (χ1n) is 9.76. The summed E-state index contributed by atoms with van der Waals surface area (Å²) in [5.74, 6) is 0.739. The van der Waals surface area contributed by atoms with E-state index in [1.165, 1.54) is 6.20 Å². The predicted octanol–water partition coefficient (Wildman–Crippen LogP) is 3.04. The molecular formula is C21H24F2N4O2. The molecule has 1 saturated heterocycles. The lowest BCUT2D eigenvalue weighted by Crippen LogP contribution is -2.39. The average molecular weight is 402 g/mol. The van der Waals surface area contributed by atoms with Gasteiger partial charge in [0.25, 0.3) is 12.0 Å². The summed E-state index contributed by atoms with van der Waals surface area (Å²) in [5.41, 5.74) is 1.55. The molecule has 0 bridgehead atoms. The van der Waals surface area contributed by atoms with Gasteiger partial charge in [-0.2, -0.15) is 0 Å². The van der Waals surface area contributed by atoms with Crippen LogP contribution in [0.5, 0.6) is 5.75 Å². The fourth-order valence-electron chi connectivity index (χ4n) is 3.85. The highest BCUT2D eigenvalue weighted by atomic mass is 19.3. The number of alkyl halides is 2. The normalized spacial score (nSPS) is 16.0. The number of hydrogen-bond donors (Lipinski definition) is 0. The number of likely N-dealkylation sites (tertiary alicyclic amines) is 1. The number of aromatic nitrogens is 3. The number of fused-ring (bicyclic) bond motifs is 1. The molecule has 1 aliphatic rings. The maximum absolute atomic E-state index is 12.8. The summed E-state index contributed by atoms with van der Waals surface area (Å²) in [6.45, 7) is 2.08. The highest BCUT2D eigenvalue weighted by Crippen LogP contribution is 2.29. The summed E-state index contributed by atoms with van der Waals surface area (Å²) in [5, 5.41) is 0.862. The Hall–Kier alpha value is -2.74. The molecule has 4 rings (SSSR count). The number of piperidine rings is 1. The lowest BCUT2D eigenvalue weighted by Gasteiger charge is -2.32. The van der Waals surface area contributed by atoms with E-state index in [1.807, 2.05) is 24.3 Å². The summed E-state index contributed by atoms with van der Waals surface area (Å²) < 4.78 is 34.9. The largest absolute Gasteiger partial charge is 0.490 e. The van der Waals surface area contributed by atoms with Crippen LogP contribution in [0.2, 0.25) is 0 Å². The van der Waals surface area contributed by atoms with Gasteiger partial charge in [0.05, 0.1) is 24.0 Å². The van der Waals surface area contributed by atoms with Crippen molar-refractivity contribution in [2.45, 2.75) is 38.5 Å². The average Bonchev–Trinajstić information content (AvgIpc) is 3.10. The van der Waals surface area contributed by atoms with E-state index in [0.717, 1.165) is 48.3 Å². The Balaban J connectivity index is 1.39. The van der Waals surface area contributed by atoms with Crippen LogP contribution < -0.4 is 10.3 Å². The van der Waals surface area contributed by atoms with E-state index in [-0.39, 0.29) is 18.2 Å². The molecule has 1 aromatic carbocycles. The first-order chi connectivity index (χ1) is 14.0. The van der Waals surface area contributed by atoms with E-state index in [1.54, 1.807) is 28.6 Å². The highest BCUT2D eigenvalue weighted by molar-refractivity contribution is 5.86. The highest BCUT2D eigenvalue weighted by Gasteiger charge is 2.22. The van der Waals surface area contributed by atoms with Crippen molar-refractivity contribution in [2.75, 3.05) is 13.1 Å². The second-order valence-electron chi connectivity index (χ2n) is 7.44. The smallest absolute Gasteiger partial charge is 0.268 e. The number of nitrogens with zero attached hydrogens (tertiary/aromatic N) is 4. The summed E-state index contributed by atoms with van der Waals surface area (Å²) in [4.78, 5) is 18.0. The molecule has 29 heavy (non-hydrogen) atoms. The van der Waals surface area contributed by atoms with E-state index in [2.05, 4.69) is 9.88 Å². The van der Waals surface area contributed by atoms with Gasteiger partial charge in [-0.15, -0.1) is 0 Å². The zero-order valence-corrected chi connectivity index (χ0v) is 16.3. The molecule has 0 radical (unpaired) electrons. The van der Waals surface area contributed by atoms with Gasteiger partial charge in [0.15, 0.2) is 0 Å². The number of rotatable bonds is 6. The van der Waals surface area contributed by atoms with Crippen LogP contribution in [0.4, 0.5) is 8.78 Å². The monoisotopic (exact) mass is 402 g/mol. The maximum atomic E-state index is 12.8. The third-order valence-electron chi connectivity index (χ3n) is 5.49. The van der Waals surface area contributed by atoms with Gasteiger partial charge < -0.3 is 13.9 Å². The predicted molar refractivity (Wildman–Crippen MR) is 106 cm³/mol. The first-order valence-corrected chi connectivity index (χ1v) is 9.76. The van der Waals surface area contributed by atoms with Crippen LogP contribution in [-0.2, 0) is 20.1 Å². The molecule has 0 unspecified atom stereocenters. The number of benzene rings is 1. The van der Waals surface area contributed by atoms with Crippen molar-refractivity contribution in [3.05, 3.63) is 58.9 Å². The summed E-state index contributed by atoms with van der Waals surface area (Å²) in [7, 11) is 1.76. The molecule has 0 N–H and O–H groups in total. The first kappa shape index (κ1) is 19.6. The molecule has 0 amide bonds. The third-order valence-corrected chi connectivity index (χ3v) is 5.49. The van der Waals surface area contributed by atoms with E-state index < -0.39 is 6.43 Å². The van der Waals surface area contributed by atoms with Crippen molar-refractivity contribution in [3.8, 4) is 5.75 Å². The summed E-state index contributed by atoms with van der Waals surface area (Å²) >= 11 is 0. The molecule has 1 aliphatic heterocycles. The third kappa shape index (κ3) is 4.32. The van der Waals surface area contributed by atoms with Gasteiger partial charge in [-0.25, -0.2) is 8.78 Å². The topological polar surface area (TPSA) is 52.3 Å². The molecule has 2 aromatic heterocycles. The molecular weight excluding hydrogens is 378 g/mol. The van der Waals surface area contributed by atoms with Gasteiger partial charge in [-0.1, -0.05) is 6.07 Å². The Morgan fingerprint density at radius 3 is 2.76 bits per heavy atom. The van der Waals surface area contributed by atoms with Gasteiger partial charge in [0.1, 0.15) is 11.9 Å². The number of hydrogen-bond acceptors (Lipinski definition) is 4. The van der Waals surface area contributed by atoms with Gasteiger partial charge in [0.2, 0.25) is 0 Å². The van der Waals surface area contributed by atoms with Crippen molar-refractivity contribution >= 4 is 10.9 Å². The maximum Gasteiger partial charge on any atom is 0.268 e. The molecule has 0 saturated carbocycles. The quantitative estimate of drug-likeness (QED) is 0.636. The van der Waals surface area contributed by atoms with Gasteiger partial charge >= 0.3 is 0 Å². The molecule has 0 spiro atoms. The fourth-order valence-corrected chi connectivity index (χ4v) is 3.85. The number of ether oxygens (including phenoxy) is 1. The van der Waals surface area contributed by atoms with Crippen molar-refractivity contribution in [1.82, 2.24) is 19.0 Å². The van der Waals surface area contributed by atoms with Crippen LogP contribution in [0, 0.1) is 0 Å². The zero-order valence-electron chi connectivity index (χ0n) is 16.3. The van der Waals surface area contributed by atoms with Crippen molar-refractivity contribution in [1.29, 1.82) is 0 Å². The van der Waals surface area contributed by atoms with Gasteiger partial charge in [0, 0.05) is 44.5 Å². The van der Waals surface area contributed by atoms with Crippen LogP contribution >= 0.6 is 0 Å². The van der Waals surface area contributed by atoms with E-state index >= 15 is 0 Å². The molecule has 3 aromatic rings. The van der Waals surface area contributed by atoms with Gasteiger partial charge in [-0.05, 0) is 31.0 Å². The van der Waals surface area contributed by atoms with Crippen LogP contribution in [-0.4, -0.2) is 44.6 Å². The second kappa shape index (κ2) is 8.32. The Kier molecular flexibility index (Phi) is 5.62. The Morgan fingerprint density at radius 1 is 1.21 bits per heavy atom. The van der Waals surface area contributed by atoms with Crippen LogP contribution in [0.3, 0.4) is 0 Å². The summed E-state index contributed by atoms with van der Waals surface area (Å²) in [6, 6.07) is 7.42. The standard InChI is InChI=1S/C21H24F2N4O2/c1-25-15(11-24-12-21(25)28)13-26-8-5-16(6-9-26)29-19-4-2-3-18-17(19)7-10-27(18)14-20(22)23/h2-4,7,10-12,16,20H,5-6,8-9,13-14H2,1H3. The van der Waals surface area contributed by atoms with E-state index in [9.17, 15) is 13.6 Å². The molecule has 154 valence electrons. The summed E-state index contributed by atoms with van der Waals surface area (Å²) in [6.07, 6.45) is 4.15. The van der Waals surface area contributed by atoms with E-state index in [0.29, 0.717) is 6.54 Å². The van der Waals surface area contributed by atoms with E-state index in [4.69, 9.17) is 4.74 Å². The van der Waals surface area contributed by atoms with Gasteiger partial charge in [-0.3, -0.25) is 14.7 Å².